The third kappa shape index (κ3) is 6.05. The number of nitrogens with zero attached hydrogens (tertiary/aromatic N) is 8. The first-order valence-corrected chi connectivity index (χ1v) is 15.2. The average Bonchev–Trinajstić information content (AvgIpc) is 3.90. The fourth-order valence-corrected chi connectivity index (χ4v) is 5.77. The number of para-hydroxylation sites is 1. The lowest BCUT2D eigenvalue weighted by Crippen LogP contribution is -2.51. The van der Waals surface area contributed by atoms with Gasteiger partial charge < -0.3 is 30.2 Å². The van der Waals surface area contributed by atoms with Gasteiger partial charge in [0.1, 0.15) is 17.1 Å². The third-order valence-corrected chi connectivity index (χ3v) is 8.23. The van der Waals surface area contributed by atoms with Gasteiger partial charge in [0, 0.05) is 52.0 Å². The second-order valence-electron chi connectivity index (χ2n) is 11.2. The van der Waals surface area contributed by atoms with Crippen LogP contribution in [0.25, 0.3) is 28.0 Å². The molecular weight excluding hydrogens is 611 g/mol. The van der Waals surface area contributed by atoms with Crippen LogP contribution in [0, 0.1) is 5.82 Å². The molecule has 0 saturated carbocycles. The van der Waals surface area contributed by atoms with E-state index in [2.05, 4.69) is 46.3 Å². The van der Waals surface area contributed by atoms with Crippen molar-refractivity contribution in [1.29, 1.82) is 0 Å². The number of hydrogen-bond acceptors (Lipinski definition) is 11. The first-order chi connectivity index (χ1) is 23.0. The molecule has 0 radical (unpaired) electrons. The number of aromatic nitrogens is 8. The summed E-state index contributed by atoms with van der Waals surface area (Å²) in [6, 6.07) is 10.9. The smallest absolute Gasteiger partial charge is 0.295 e. The molecule has 17 heteroatoms. The van der Waals surface area contributed by atoms with Crippen molar-refractivity contribution in [1.82, 2.24) is 55.9 Å². The fraction of sp³-hybridized carbons (Fsp3) is 0.333. The molecule has 7 rings (SSSR count). The monoisotopic (exact) mass is 642 g/mol. The number of piperazine rings is 1. The Bertz CT molecular complexity index is 1910. The normalized spacial score (nSPS) is 16.8. The standard InChI is InChI=1S/C30H31FN12O4/c31-21-17-35-25(22-14-23(37-36-22)28(45)33-7-6-19-15-32-8-13-47-19)26-24(21)20(16-34-26)27(44)29(46)41-9-11-42(12-10-41)30-38-39-40-43(30)18-4-2-1-3-5-18/h1-5,14,16-17,19,32,34H,6-13,15H2,(H,33,45)(H,36,37). The molecule has 6 heterocycles. The highest BCUT2D eigenvalue weighted by atomic mass is 19.1. The van der Waals surface area contributed by atoms with E-state index in [4.69, 9.17) is 4.74 Å². The molecule has 47 heavy (non-hydrogen) atoms. The number of morpholine rings is 1. The summed E-state index contributed by atoms with van der Waals surface area (Å²) in [7, 11) is 0. The van der Waals surface area contributed by atoms with Gasteiger partial charge in [0.2, 0.25) is 5.95 Å². The molecule has 1 aromatic carbocycles. The Hall–Kier alpha value is -5.55. The zero-order valence-corrected chi connectivity index (χ0v) is 25.1. The van der Waals surface area contributed by atoms with Crippen molar-refractivity contribution >= 4 is 34.4 Å². The van der Waals surface area contributed by atoms with Crippen molar-refractivity contribution in [2.75, 3.05) is 57.3 Å². The van der Waals surface area contributed by atoms with E-state index in [1.807, 2.05) is 35.2 Å². The number of halogens is 1. The Morgan fingerprint density at radius 3 is 2.72 bits per heavy atom. The number of nitrogens with one attached hydrogen (secondary N) is 4. The molecule has 2 aliphatic heterocycles. The number of carbonyl (C=O) groups is 3. The van der Waals surface area contributed by atoms with Crippen LogP contribution < -0.4 is 15.5 Å². The number of H-pyrrole nitrogens is 2. The largest absolute Gasteiger partial charge is 0.376 e. The number of ketones is 1. The van der Waals surface area contributed by atoms with Crippen LogP contribution in [0.15, 0.2) is 48.8 Å². The number of aromatic amines is 2. The molecule has 0 spiro atoms. The molecule has 1 unspecified atom stereocenters. The highest BCUT2D eigenvalue weighted by Gasteiger charge is 2.31. The Morgan fingerprint density at radius 1 is 1.11 bits per heavy atom. The molecule has 2 saturated heterocycles. The lowest BCUT2D eigenvalue weighted by molar-refractivity contribution is -0.126. The summed E-state index contributed by atoms with van der Waals surface area (Å²) in [5, 5.41) is 24.9. The second-order valence-corrected chi connectivity index (χ2v) is 11.2. The number of rotatable bonds is 9. The first-order valence-electron chi connectivity index (χ1n) is 15.2. The van der Waals surface area contributed by atoms with Crippen LogP contribution in [-0.2, 0) is 9.53 Å². The molecule has 4 N–H and O–H groups in total. The van der Waals surface area contributed by atoms with Crippen molar-refractivity contribution in [3.05, 3.63) is 65.9 Å². The predicted octanol–water partition coefficient (Wildman–Crippen LogP) is 0.708. The maximum Gasteiger partial charge on any atom is 0.295 e. The molecule has 2 fully saturated rings. The van der Waals surface area contributed by atoms with Gasteiger partial charge in [-0.3, -0.25) is 19.5 Å². The number of benzene rings is 1. The van der Waals surface area contributed by atoms with Gasteiger partial charge >= 0.3 is 0 Å². The number of carbonyl (C=O) groups excluding carboxylic acids is 3. The Labute approximate surface area is 266 Å². The number of Topliss-reactive ketones (excluding diaryl/α,β-unsaturated/α-hetero) is 1. The van der Waals surface area contributed by atoms with Gasteiger partial charge in [0.15, 0.2) is 5.82 Å². The van der Waals surface area contributed by atoms with Gasteiger partial charge in [-0.25, -0.2) is 9.37 Å². The summed E-state index contributed by atoms with van der Waals surface area (Å²) in [6.45, 7) is 3.87. The minimum Gasteiger partial charge on any atom is -0.376 e. The van der Waals surface area contributed by atoms with Crippen molar-refractivity contribution in [2.45, 2.75) is 12.5 Å². The van der Waals surface area contributed by atoms with Crippen molar-refractivity contribution in [3.63, 3.8) is 0 Å². The number of amides is 2. The summed E-state index contributed by atoms with van der Waals surface area (Å²) in [5.41, 5.74) is 1.53. The van der Waals surface area contributed by atoms with E-state index in [9.17, 15) is 14.4 Å². The van der Waals surface area contributed by atoms with Crippen LogP contribution >= 0.6 is 0 Å². The van der Waals surface area contributed by atoms with Crippen LogP contribution in [-0.4, -0.2) is 121 Å². The van der Waals surface area contributed by atoms with Crippen molar-refractivity contribution in [2.24, 2.45) is 0 Å². The Morgan fingerprint density at radius 2 is 1.94 bits per heavy atom. The zero-order valence-electron chi connectivity index (χ0n) is 25.1. The van der Waals surface area contributed by atoms with Gasteiger partial charge in [-0.2, -0.15) is 9.78 Å². The number of fused-ring (bicyclic) bond motifs is 1. The second kappa shape index (κ2) is 13.1. The minimum atomic E-state index is -0.853. The van der Waals surface area contributed by atoms with Crippen molar-refractivity contribution in [3.8, 4) is 17.1 Å². The maximum atomic E-state index is 15.2. The van der Waals surface area contributed by atoms with Gasteiger partial charge in [-0.05, 0) is 35.0 Å². The van der Waals surface area contributed by atoms with Crippen LogP contribution in [0.3, 0.4) is 0 Å². The lowest BCUT2D eigenvalue weighted by Gasteiger charge is -2.34. The lowest BCUT2D eigenvalue weighted by atomic mass is 10.1. The topological polar surface area (TPSA) is 192 Å². The quantitative estimate of drug-likeness (QED) is 0.131. The summed E-state index contributed by atoms with van der Waals surface area (Å²) < 4.78 is 22.4. The van der Waals surface area contributed by atoms with E-state index in [0.29, 0.717) is 38.6 Å². The number of pyridine rings is 1. The van der Waals surface area contributed by atoms with E-state index in [1.165, 1.54) is 17.2 Å². The number of anilines is 1. The van der Waals surface area contributed by atoms with Gasteiger partial charge in [-0.15, -0.1) is 0 Å². The summed E-state index contributed by atoms with van der Waals surface area (Å²) >= 11 is 0. The Balaban J connectivity index is 1.02. The molecule has 0 bridgehead atoms. The summed E-state index contributed by atoms with van der Waals surface area (Å²) in [6.07, 6.45) is 2.95. The van der Waals surface area contributed by atoms with Gasteiger partial charge in [0.05, 0.1) is 41.1 Å². The third-order valence-electron chi connectivity index (χ3n) is 8.23. The van der Waals surface area contributed by atoms with Crippen molar-refractivity contribution < 1.29 is 23.5 Å². The van der Waals surface area contributed by atoms with E-state index in [-0.39, 0.29) is 58.6 Å². The number of hydrogen-bond donors (Lipinski definition) is 4. The molecule has 2 aliphatic rings. The summed E-state index contributed by atoms with van der Waals surface area (Å²) in [4.78, 5) is 49.9. The maximum absolute atomic E-state index is 15.2. The van der Waals surface area contributed by atoms with Crippen LogP contribution in [0.4, 0.5) is 10.3 Å². The van der Waals surface area contributed by atoms with E-state index < -0.39 is 17.5 Å². The SMILES string of the molecule is O=C(NCCC1CNCCO1)c1cc(-c2ncc(F)c3c(C(=O)C(=O)N4CCN(c5nnnn5-c5ccccc5)CC4)c[nH]c23)n[nH]1. The molecular formula is C30H31FN12O4. The highest BCUT2D eigenvalue weighted by Crippen LogP contribution is 2.30. The molecule has 242 valence electrons. The molecule has 16 nitrogen and oxygen atoms in total. The first kappa shape index (κ1) is 30.1. The summed E-state index contributed by atoms with van der Waals surface area (Å²) in [5.74, 6) is -2.21. The highest BCUT2D eigenvalue weighted by molar-refractivity contribution is 6.45. The average molecular weight is 643 g/mol. The predicted molar refractivity (Wildman–Crippen MR) is 165 cm³/mol. The molecule has 5 aromatic rings. The van der Waals surface area contributed by atoms with Gasteiger partial charge in [0.25, 0.3) is 17.6 Å². The van der Waals surface area contributed by atoms with Crippen LogP contribution in [0.5, 0.6) is 0 Å². The van der Waals surface area contributed by atoms with E-state index in [0.717, 1.165) is 25.0 Å². The fourth-order valence-electron chi connectivity index (χ4n) is 5.77. The zero-order chi connectivity index (χ0) is 32.3. The molecule has 0 aliphatic carbocycles. The molecule has 4 aromatic heterocycles. The Kier molecular flexibility index (Phi) is 8.36. The molecule has 2 amide bonds. The van der Waals surface area contributed by atoms with Crippen LogP contribution in [0.2, 0.25) is 0 Å². The van der Waals surface area contributed by atoms with E-state index in [1.54, 1.807) is 4.68 Å². The molecule has 1 atom stereocenters. The van der Waals surface area contributed by atoms with Crippen LogP contribution in [0.1, 0.15) is 27.3 Å². The van der Waals surface area contributed by atoms with E-state index >= 15 is 4.39 Å². The minimum absolute atomic E-state index is 0.0322. The van der Waals surface area contributed by atoms with Gasteiger partial charge in [-0.1, -0.05) is 23.3 Å². The number of ether oxygens (including phenoxy) is 1. The number of tetrazole rings is 1.